The van der Waals surface area contributed by atoms with Gasteiger partial charge in [-0.15, -0.1) is 0 Å². The van der Waals surface area contributed by atoms with E-state index in [9.17, 15) is 23.3 Å². The van der Waals surface area contributed by atoms with E-state index in [1.54, 1.807) is 24.4 Å². The van der Waals surface area contributed by atoms with E-state index >= 15 is 0 Å². The summed E-state index contributed by atoms with van der Waals surface area (Å²) in [5.41, 5.74) is 1.23. The maximum atomic E-state index is 13.5. The van der Waals surface area contributed by atoms with E-state index in [-0.39, 0.29) is 22.9 Å². The summed E-state index contributed by atoms with van der Waals surface area (Å²) in [6, 6.07) is 12.1. The summed E-state index contributed by atoms with van der Waals surface area (Å²) in [4.78, 5) is 33.9. The summed E-state index contributed by atoms with van der Waals surface area (Å²) in [6.07, 6.45) is 4.92. The van der Waals surface area contributed by atoms with Crippen molar-refractivity contribution in [1.82, 2.24) is 19.4 Å². The molecular formula is C30H34N7O7PS. The fourth-order valence-electron chi connectivity index (χ4n) is 5.48. The lowest BCUT2D eigenvalue weighted by Crippen LogP contribution is -2.42. The van der Waals surface area contributed by atoms with Crippen molar-refractivity contribution in [3.8, 4) is 11.5 Å². The maximum absolute atomic E-state index is 13.5. The Morgan fingerprint density at radius 1 is 1.11 bits per heavy atom. The van der Waals surface area contributed by atoms with Gasteiger partial charge in [0.15, 0.2) is 0 Å². The number of nitrogens with zero attached hydrogens (tertiary/aromatic N) is 4. The van der Waals surface area contributed by atoms with Gasteiger partial charge in [-0.1, -0.05) is 9.39 Å². The van der Waals surface area contributed by atoms with Gasteiger partial charge < -0.3 is 24.7 Å². The van der Waals surface area contributed by atoms with Crippen molar-refractivity contribution in [1.29, 1.82) is 0 Å². The minimum absolute atomic E-state index is 0.0320. The molecule has 1 unspecified atom stereocenters. The molecule has 2 saturated heterocycles. The van der Waals surface area contributed by atoms with E-state index in [4.69, 9.17) is 9.47 Å². The van der Waals surface area contributed by atoms with E-state index < -0.39 is 31.4 Å². The van der Waals surface area contributed by atoms with Crippen molar-refractivity contribution in [2.75, 3.05) is 56.2 Å². The largest absolute Gasteiger partial charge is 0.455 e. The summed E-state index contributed by atoms with van der Waals surface area (Å²) in [5, 5.41) is 15.8. The van der Waals surface area contributed by atoms with Crippen LogP contribution in [-0.4, -0.2) is 79.8 Å². The number of fused-ring (bicyclic) bond motifs is 1. The first-order valence-electron chi connectivity index (χ1n) is 14.8. The van der Waals surface area contributed by atoms with E-state index in [0.29, 0.717) is 31.2 Å². The number of nitro benzene ring substituents is 1. The predicted molar refractivity (Wildman–Crippen MR) is 176 cm³/mol. The predicted octanol–water partition coefficient (Wildman–Crippen LogP) is 4.13. The number of hydrogen-bond donors (Lipinski definition) is 3. The highest BCUT2D eigenvalue weighted by molar-refractivity contribution is 7.90. The van der Waals surface area contributed by atoms with Crippen LogP contribution in [0.2, 0.25) is 0 Å². The lowest BCUT2D eigenvalue weighted by Gasteiger charge is -2.34. The van der Waals surface area contributed by atoms with Crippen molar-refractivity contribution in [2.24, 2.45) is 5.92 Å². The number of anilines is 2. The van der Waals surface area contributed by atoms with Gasteiger partial charge >= 0.3 is 0 Å². The first kappa shape index (κ1) is 31.7. The highest BCUT2D eigenvalue weighted by Crippen LogP contribution is 2.33. The quantitative estimate of drug-likeness (QED) is 0.126. The number of carbonyl (C=O) groups excluding carboxylic acids is 1. The number of aromatic nitrogens is 2. The molecule has 2 aromatic carbocycles. The standard InChI is InChI=1S/C30H34N7O7PS/c38-30(34-46(41,42)24-2-4-26(27(17-24)37(39)40)32-18-20-6-13-43-14-7-20)25-3-1-22(35-9-11-36(45)12-10-35)16-28(25)44-23-15-21-5-8-31-29(21)33-19-23/h1-5,8,15-17,19-20,32H,6-7,9-14,18,45H2,(H,31,33)(H,34,38). The van der Waals surface area contributed by atoms with Gasteiger partial charge in [-0.3, -0.25) is 19.6 Å². The second-order valence-corrected chi connectivity index (χ2v) is 13.6. The second-order valence-electron chi connectivity index (χ2n) is 11.2. The number of amides is 1. The van der Waals surface area contributed by atoms with Gasteiger partial charge in [0.1, 0.15) is 22.8 Å². The van der Waals surface area contributed by atoms with Crippen LogP contribution in [0.5, 0.6) is 11.5 Å². The third-order valence-electron chi connectivity index (χ3n) is 8.12. The van der Waals surface area contributed by atoms with Crippen molar-refractivity contribution in [3.63, 3.8) is 0 Å². The van der Waals surface area contributed by atoms with Gasteiger partial charge in [-0.05, 0) is 55.2 Å². The molecule has 6 rings (SSSR count). The van der Waals surface area contributed by atoms with Crippen LogP contribution < -0.4 is 19.7 Å². The molecule has 4 aromatic rings. The molecule has 46 heavy (non-hydrogen) atoms. The summed E-state index contributed by atoms with van der Waals surface area (Å²) in [5.74, 6) is -0.171. The lowest BCUT2D eigenvalue weighted by atomic mass is 10.0. The number of hydrogen-bond acceptors (Lipinski definition) is 11. The molecule has 2 fully saturated rings. The van der Waals surface area contributed by atoms with E-state index in [0.717, 1.165) is 56.2 Å². The topological polar surface area (TPSA) is 172 Å². The minimum atomic E-state index is -4.50. The average molecular weight is 668 g/mol. The number of pyridine rings is 1. The number of nitro groups is 1. The van der Waals surface area contributed by atoms with Crippen LogP contribution >= 0.6 is 9.39 Å². The number of ether oxygens (including phenoxy) is 2. The van der Waals surface area contributed by atoms with Gasteiger partial charge in [-0.25, -0.2) is 18.1 Å². The third-order valence-corrected chi connectivity index (χ3v) is 9.96. The van der Waals surface area contributed by atoms with Gasteiger partial charge in [0.05, 0.1) is 21.6 Å². The molecule has 0 saturated carbocycles. The van der Waals surface area contributed by atoms with E-state index in [2.05, 4.69) is 39.0 Å². The van der Waals surface area contributed by atoms with Crippen molar-refractivity contribution in [2.45, 2.75) is 17.7 Å². The van der Waals surface area contributed by atoms with Crippen LogP contribution in [0.3, 0.4) is 0 Å². The Morgan fingerprint density at radius 2 is 1.89 bits per heavy atom. The summed E-state index contributed by atoms with van der Waals surface area (Å²) >= 11 is 0. The highest BCUT2D eigenvalue weighted by Gasteiger charge is 2.27. The summed E-state index contributed by atoms with van der Waals surface area (Å²) < 4.78 is 42.5. The Balaban J connectivity index is 1.25. The fraction of sp³-hybridized carbons (Fsp3) is 0.333. The zero-order valence-corrected chi connectivity index (χ0v) is 26.8. The number of H-pyrrole nitrogens is 1. The Labute approximate surface area is 267 Å². The van der Waals surface area contributed by atoms with Crippen LogP contribution in [0, 0.1) is 16.0 Å². The van der Waals surface area contributed by atoms with Crippen LogP contribution in [0.4, 0.5) is 17.1 Å². The molecule has 16 heteroatoms. The molecule has 0 spiro atoms. The van der Waals surface area contributed by atoms with Crippen molar-refractivity contribution < 1.29 is 27.6 Å². The number of piperazine rings is 1. The number of sulfonamides is 1. The number of benzene rings is 2. The zero-order valence-electron chi connectivity index (χ0n) is 24.8. The number of aromatic amines is 1. The number of carbonyl (C=O) groups is 1. The Kier molecular flexibility index (Phi) is 9.36. The summed E-state index contributed by atoms with van der Waals surface area (Å²) in [7, 11) is -1.81. The molecular weight excluding hydrogens is 633 g/mol. The fourth-order valence-corrected chi connectivity index (χ4v) is 6.70. The Bertz CT molecular complexity index is 1860. The molecule has 0 aliphatic carbocycles. The van der Waals surface area contributed by atoms with E-state index in [1.807, 2.05) is 6.07 Å². The van der Waals surface area contributed by atoms with Crippen molar-refractivity contribution in [3.05, 3.63) is 76.6 Å². The van der Waals surface area contributed by atoms with Gasteiger partial charge in [-0.2, -0.15) is 0 Å². The molecule has 0 bridgehead atoms. The Morgan fingerprint density at radius 3 is 2.65 bits per heavy atom. The smallest absolute Gasteiger partial charge is 0.293 e. The molecule has 1 amide bonds. The molecule has 2 aromatic heterocycles. The number of rotatable bonds is 10. The lowest BCUT2D eigenvalue weighted by molar-refractivity contribution is -0.384. The minimum Gasteiger partial charge on any atom is -0.455 e. The number of nitrogens with one attached hydrogen (secondary N) is 3. The third kappa shape index (κ3) is 7.23. The molecule has 4 heterocycles. The monoisotopic (exact) mass is 667 g/mol. The van der Waals surface area contributed by atoms with Crippen LogP contribution in [0.15, 0.2) is 65.8 Å². The molecule has 1 atom stereocenters. The van der Waals surface area contributed by atoms with Crippen LogP contribution in [0.25, 0.3) is 11.0 Å². The van der Waals surface area contributed by atoms with Crippen LogP contribution in [-0.2, 0) is 14.8 Å². The summed E-state index contributed by atoms with van der Waals surface area (Å²) in [6.45, 7) is 4.91. The molecule has 242 valence electrons. The van der Waals surface area contributed by atoms with Crippen molar-refractivity contribution >= 4 is 53.4 Å². The molecule has 2 aliphatic heterocycles. The second kappa shape index (κ2) is 13.6. The van der Waals surface area contributed by atoms with Gasteiger partial charge in [0.25, 0.3) is 21.6 Å². The van der Waals surface area contributed by atoms with Gasteiger partial charge in [0.2, 0.25) is 0 Å². The molecule has 2 aliphatic rings. The van der Waals surface area contributed by atoms with Gasteiger partial charge in [0, 0.05) is 75.3 Å². The molecule has 14 nitrogen and oxygen atoms in total. The van der Waals surface area contributed by atoms with E-state index in [1.165, 1.54) is 24.4 Å². The average Bonchev–Trinajstić information content (AvgIpc) is 3.52. The molecule has 0 radical (unpaired) electrons. The maximum Gasteiger partial charge on any atom is 0.293 e. The first-order valence-corrected chi connectivity index (χ1v) is 16.8. The zero-order chi connectivity index (χ0) is 32.3. The molecule has 3 N–H and O–H groups in total. The highest BCUT2D eigenvalue weighted by atomic mass is 32.2. The SMILES string of the molecule is O=C(NS(=O)(=O)c1ccc(NCC2CCOCC2)c([N+](=O)[O-])c1)c1ccc(N2CCN(P)CC2)cc1Oc1cnc2[nH]ccc2c1. The normalized spacial score (nSPS) is 16.3. The van der Waals surface area contributed by atoms with Crippen LogP contribution in [0.1, 0.15) is 23.2 Å². The Hall–Kier alpha value is -4.30. The first-order chi connectivity index (χ1) is 22.2.